The van der Waals surface area contributed by atoms with E-state index in [0.717, 1.165) is 12.8 Å². The molecule has 0 bridgehead atoms. The van der Waals surface area contributed by atoms with E-state index in [1.807, 2.05) is 0 Å². The van der Waals surface area contributed by atoms with Crippen LogP contribution in [0.5, 0.6) is 0 Å². The van der Waals surface area contributed by atoms with E-state index in [1.165, 1.54) is 17.1 Å². The summed E-state index contributed by atoms with van der Waals surface area (Å²) in [6.07, 6.45) is 5.56. The summed E-state index contributed by atoms with van der Waals surface area (Å²) < 4.78 is 28.8. The average Bonchev–Trinajstić information content (AvgIpc) is 2.79. The van der Waals surface area contributed by atoms with Crippen molar-refractivity contribution in [2.45, 2.75) is 43.0 Å². The number of nitrogens with one attached hydrogen (secondary N) is 2. The van der Waals surface area contributed by atoms with Crippen molar-refractivity contribution in [1.82, 2.24) is 14.5 Å². The number of hydrogen-bond donors (Lipinski definition) is 3. The Kier molecular flexibility index (Phi) is 3.88. The highest BCUT2D eigenvalue weighted by molar-refractivity contribution is 7.89. The number of rotatable bonds is 4. The lowest BCUT2D eigenvalue weighted by Crippen LogP contribution is -2.58. The molecule has 1 aliphatic rings. The summed E-state index contributed by atoms with van der Waals surface area (Å²) in [5.41, 5.74) is 4.72. The van der Waals surface area contributed by atoms with Gasteiger partial charge in [-0.25, -0.2) is 8.42 Å². The highest BCUT2D eigenvalue weighted by Gasteiger charge is 2.41. The first kappa shape index (κ1) is 15.0. The summed E-state index contributed by atoms with van der Waals surface area (Å²) in [6.45, 7) is 2.12. The number of hydrogen-bond acceptors (Lipinski definition) is 4. The van der Waals surface area contributed by atoms with Crippen LogP contribution in [-0.4, -0.2) is 29.6 Å². The van der Waals surface area contributed by atoms with Gasteiger partial charge in [0.25, 0.3) is 0 Å². The molecule has 1 saturated carbocycles. The normalized spacial score (nSPS) is 27.4. The smallest absolute Gasteiger partial charge is 0.244 e. The van der Waals surface area contributed by atoms with E-state index in [4.69, 9.17) is 11.1 Å². The van der Waals surface area contributed by atoms with Crippen molar-refractivity contribution in [3.05, 3.63) is 12.4 Å². The van der Waals surface area contributed by atoms with Crippen molar-refractivity contribution in [2.75, 3.05) is 0 Å². The summed E-state index contributed by atoms with van der Waals surface area (Å²) in [7, 11) is -2.06. The van der Waals surface area contributed by atoms with Gasteiger partial charge in [0.2, 0.25) is 10.0 Å². The minimum atomic E-state index is -3.71. The molecular weight excluding hydrogens is 278 g/mol. The Morgan fingerprint density at radius 1 is 1.55 bits per heavy atom. The molecule has 20 heavy (non-hydrogen) atoms. The van der Waals surface area contributed by atoms with Gasteiger partial charge < -0.3 is 5.73 Å². The van der Waals surface area contributed by atoms with Crippen molar-refractivity contribution in [1.29, 1.82) is 5.41 Å². The van der Waals surface area contributed by atoms with Crippen molar-refractivity contribution in [2.24, 2.45) is 18.7 Å². The maximum Gasteiger partial charge on any atom is 0.244 e. The Labute approximate surface area is 119 Å². The third-order valence-corrected chi connectivity index (χ3v) is 5.46. The quantitative estimate of drug-likeness (QED) is 0.557. The number of nitrogens with two attached hydrogens (primary N) is 1. The van der Waals surface area contributed by atoms with Gasteiger partial charge in [0.15, 0.2) is 0 Å². The molecule has 0 aromatic carbocycles. The fourth-order valence-corrected chi connectivity index (χ4v) is 3.96. The molecule has 0 amide bonds. The zero-order chi connectivity index (χ0) is 15.0. The van der Waals surface area contributed by atoms with Crippen LogP contribution >= 0.6 is 0 Å². The van der Waals surface area contributed by atoms with Crippen LogP contribution in [0.1, 0.15) is 32.6 Å². The molecule has 1 heterocycles. The Hall–Kier alpha value is -1.41. The van der Waals surface area contributed by atoms with Crippen molar-refractivity contribution >= 4 is 15.9 Å². The molecule has 8 heteroatoms. The minimum absolute atomic E-state index is 0.0965. The zero-order valence-electron chi connectivity index (χ0n) is 11.8. The second kappa shape index (κ2) is 5.17. The largest absolute Gasteiger partial charge is 0.386 e. The van der Waals surface area contributed by atoms with Gasteiger partial charge in [0.1, 0.15) is 10.7 Å². The average molecular weight is 299 g/mol. The van der Waals surface area contributed by atoms with E-state index < -0.39 is 15.6 Å². The highest BCUT2D eigenvalue weighted by atomic mass is 32.2. The third kappa shape index (κ3) is 2.85. The molecule has 1 aliphatic carbocycles. The van der Waals surface area contributed by atoms with Crippen LogP contribution < -0.4 is 10.5 Å². The summed E-state index contributed by atoms with van der Waals surface area (Å²) >= 11 is 0. The summed E-state index contributed by atoms with van der Waals surface area (Å²) in [5.74, 6) is 0.419. The van der Waals surface area contributed by atoms with Gasteiger partial charge in [-0.3, -0.25) is 10.1 Å². The van der Waals surface area contributed by atoms with E-state index in [9.17, 15) is 8.42 Å². The van der Waals surface area contributed by atoms with Crippen molar-refractivity contribution in [3.8, 4) is 0 Å². The summed E-state index contributed by atoms with van der Waals surface area (Å²) in [4.78, 5) is 0.0965. The maximum absolute atomic E-state index is 12.4. The Balaban J connectivity index is 2.27. The zero-order valence-corrected chi connectivity index (χ0v) is 12.6. The van der Waals surface area contributed by atoms with Gasteiger partial charge in [-0.1, -0.05) is 6.92 Å². The van der Waals surface area contributed by atoms with Crippen LogP contribution in [0.15, 0.2) is 17.3 Å². The Bertz CT molecular complexity index is 599. The third-order valence-electron chi connectivity index (χ3n) is 3.96. The summed E-state index contributed by atoms with van der Waals surface area (Å²) in [5, 5.41) is 11.6. The molecular formula is C12H21N5O2S. The van der Waals surface area contributed by atoms with Gasteiger partial charge in [-0.2, -0.15) is 9.82 Å². The number of aromatic nitrogens is 2. The number of sulfonamides is 1. The molecule has 0 spiro atoms. The predicted molar refractivity (Wildman–Crippen MR) is 75.8 cm³/mol. The minimum Gasteiger partial charge on any atom is -0.386 e. The van der Waals surface area contributed by atoms with E-state index in [1.54, 1.807) is 7.05 Å². The topological polar surface area (TPSA) is 114 Å². The van der Waals surface area contributed by atoms with Gasteiger partial charge in [0.05, 0.1) is 11.7 Å². The first-order valence-corrected chi connectivity index (χ1v) is 8.11. The number of amidine groups is 1. The van der Waals surface area contributed by atoms with E-state index in [2.05, 4.69) is 16.7 Å². The van der Waals surface area contributed by atoms with Crippen LogP contribution in [-0.2, 0) is 17.1 Å². The van der Waals surface area contributed by atoms with Crippen LogP contribution in [0.3, 0.4) is 0 Å². The maximum atomic E-state index is 12.4. The molecule has 7 nitrogen and oxygen atoms in total. The molecule has 1 fully saturated rings. The fraction of sp³-hybridized carbons (Fsp3) is 0.667. The molecule has 0 atom stereocenters. The Morgan fingerprint density at radius 3 is 2.60 bits per heavy atom. The van der Waals surface area contributed by atoms with Gasteiger partial charge >= 0.3 is 0 Å². The summed E-state index contributed by atoms with van der Waals surface area (Å²) in [6, 6.07) is 0. The van der Waals surface area contributed by atoms with Crippen molar-refractivity contribution < 1.29 is 8.42 Å². The number of nitrogens with zero attached hydrogens (tertiary/aromatic N) is 2. The molecule has 2 rings (SSSR count). The highest BCUT2D eigenvalue weighted by Crippen LogP contribution is 2.33. The molecule has 0 aliphatic heterocycles. The standard InChI is InChI=1S/C12H21N5O2S/c1-9-3-5-12(6-4-9,11(13)14)16-20(18,19)10-7-15-17(2)8-10/h7-9,16H,3-6H2,1-2H3,(H3,13,14). The molecule has 1 aromatic rings. The van der Waals surface area contributed by atoms with Crippen LogP contribution in [0, 0.1) is 11.3 Å². The first-order valence-electron chi connectivity index (χ1n) is 6.62. The second-order valence-electron chi connectivity index (χ2n) is 5.63. The lowest BCUT2D eigenvalue weighted by molar-refractivity contribution is 0.285. The molecule has 0 radical (unpaired) electrons. The second-order valence-corrected chi connectivity index (χ2v) is 7.32. The van der Waals surface area contributed by atoms with Gasteiger partial charge in [0, 0.05) is 13.2 Å². The van der Waals surface area contributed by atoms with Gasteiger partial charge in [-0.05, 0) is 31.6 Å². The van der Waals surface area contributed by atoms with E-state index in [-0.39, 0.29) is 10.7 Å². The number of aryl methyl sites for hydroxylation is 1. The van der Waals surface area contributed by atoms with E-state index in [0.29, 0.717) is 18.8 Å². The monoisotopic (exact) mass is 299 g/mol. The fourth-order valence-electron chi connectivity index (χ4n) is 2.53. The molecule has 0 saturated heterocycles. The van der Waals surface area contributed by atoms with Crippen LogP contribution in [0.25, 0.3) is 0 Å². The molecule has 0 unspecified atom stereocenters. The molecule has 1 aromatic heterocycles. The van der Waals surface area contributed by atoms with Crippen LogP contribution in [0.2, 0.25) is 0 Å². The first-order chi connectivity index (χ1) is 9.25. The lowest BCUT2D eigenvalue weighted by atomic mass is 9.77. The SMILES string of the molecule is CC1CCC(NS(=O)(=O)c2cnn(C)c2)(C(=N)N)CC1. The Morgan fingerprint density at radius 2 is 2.15 bits per heavy atom. The lowest BCUT2D eigenvalue weighted by Gasteiger charge is -2.38. The van der Waals surface area contributed by atoms with Gasteiger partial charge in [-0.15, -0.1) is 0 Å². The molecule has 112 valence electrons. The van der Waals surface area contributed by atoms with Crippen molar-refractivity contribution in [3.63, 3.8) is 0 Å². The van der Waals surface area contributed by atoms with Crippen LogP contribution in [0.4, 0.5) is 0 Å². The predicted octanol–water partition coefficient (Wildman–Crippen LogP) is 0.583. The molecule has 4 N–H and O–H groups in total. The van der Waals surface area contributed by atoms with E-state index >= 15 is 0 Å².